The SMILES string of the molecule is C=CCNC(=NCCc1ccco1)N1CCC(OCCCOC)CC1. The Balaban J connectivity index is 1.77. The minimum atomic E-state index is 0.344. The molecule has 0 bridgehead atoms. The van der Waals surface area contributed by atoms with Crippen LogP contribution in [0.25, 0.3) is 0 Å². The molecule has 6 nitrogen and oxygen atoms in total. The second kappa shape index (κ2) is 11.7. The van der Waals surface area contributed by atoms with Crippen LogP contribution in [0, 0.1) is 0 Å². The minimum Gasteiger partial charge on any atom is -0.469 e. The molecule has 140 valence electrons. The van der Waals surface area contributed by atoms with Gasteiger partial charge in [-0.1, -0.05) is 6.08 Å². The van der Waals surface area contributed by atoms with Crippen LogP contribution in [-0.4, -0.2) is 63.5 Å². The van der Waals surface area contributed by atoms with E-state index in [4.69, 9.17) is 18.9 Å². The van der Waals surface area contributed by atoms with Crippen molar-refractivity contribution in [1.29, 1.82) is 0 Å². The van der Waals surface area contributed by atoms with E-state index in [0.717, 1.165) is 63.7 Å². The van der Waals surface area contributed by atoms with Gasteiger partial charge in [0.1, 0.15) is 5.76 Å². The lowest BCUT2D eigenvalue weighted by atomic mass is 10.1. The van der Waals surface area contributed by atoms with Crippen LogP contribution < -0.4 is 5.32 Å². The maximum Gasteiger partial charge on any atom is 0.194 e. The zero-order chi connectivity index (χ0) is 17.7. The number of ether oxygens (including phenoxy) is 2. The summed E-state index contributed by atoms with van der Waals surface area (Å²) < 4.78 is 16.3. The number of rotatable bonds is 10. The standard InChI is InChI=1S/C19H31N3O3/c1-3-10-20-19(21-11-7-17-6-4-15-24-17)22-12-8-18(9-13-22)25-16-5-14-23-2/h3-4,6,15,18H,1,5,7-14,16H2,2H3,(H,20,21). The highest BCUT2D eigenvalue weighted by Crippen LogP contribution is 2.14. The van der Waals surface area contributed by atoms with E-state index >= 15 is 0 Å². The van der Waals surface area contributed by atoms with Crippen LogP contribution in [-0.2, 0) is 15.9 Å². The highest BCUT2D eigenvalue weighted by Gasteiger charge is 2.21. The predicted octanol–water partition coefficient (Wildman–Crippen LogP) is 2.47. The summed E-state index contributed by atoms with van der Waals surface area (Å²) in [5, 5.41) is 3.36. The molecule has 0 radical (unpaired) electrons. The van der Waals surface area contributed by atoms with Crippen LogP contribution in [0.2, 0.25) is 0 Å². The molecule has 2 heterocycles. The van der Waals surface area contributed by atoms with Gasteiger partial charge in [-0.3, -0.25) is 4.99 Å². The first-order chi connectivity index (χ1) is 12.3. The monoisotopic (exact) mass is 349 g/mol. The van der Waals surface area contributed by atoms with Gasteiger partial charge in [-0.2, -0.15) is 0 Å². The lowest BCUT2D eigenvalue weighted by molar-refractivity contribution is 0.00992. The largest absolute Gasteiger partial charge is 0.469 e. The van der Waals surface area contributed by atoms with Crippen LogP contribution in [0.1, 0.15) is 25.0 Å². The lowest BCUT2D eigenvalue weighted by Gasteiger charge is -2.34. The third-order valence-electron chi connectivity index (χ3n) is 4.19. The Morgan fingerprint density at radius 3 is 2.96 bits per heavy atom. The number of piperidine rings is 1. The van der Waals surface area contributed by atoms with Crippen molar-refractivity contribution in [3.8, 4) is 0 Å². The van der Waals surface area contributed by atoms with Gasteiger partial charge < -0.3 is 24.1 Å². The molecule has 6 heteroatoms. The number of hydrogen-bond acceptors (Lipinski definition) is 4. The van der Waals surface area contributed by atoms with Crippen molar-refractivity contribution in [3.05, 3.63) is 36.8 Å². The normalized spacial score (nSPS) is 16.2. The lowest BCUT2D eigenvalue weighted by Crippen LogP contribution is -2.47. The summed E-state index contributed by atoms with van der Waals surface area (Å²) in [5.74, 6) is 1.92. The van der Waals surface area contributed by atoms with Crippen molar-refractivity contribution in [2.75, 3.05) is 46.5 Å². The first-order valence-electron chi connectivity index (χ1n) is 9.10. The third kappa shape index (κ3) is 7.32. The fourth-order valence-corrected chi connectivity index (χ4v) is 2.85. The molecule has 25 heavy (non-hydrogen) atoms. The van der Waals surface area contributed by atoms with Gasteiger partial charge >= 0.3 is 0 Å². The number of nitrogens with one attached hydrogen (secondary N) is 1. The molecule has 1 aliphatic heterocycles. The average molecular weight is 349 g/mol. The second-order valence-corrected chi connectivity index (χ2v) is 6.11. The zero-order valence-electron chi connectivity index (χ0n) is 15.3. The second-order valence-electron chi connectivity index (χ2n) is 6.11. The Morgan fingerprint density at radius 1 is 1.44 bits per heavy atom. The van der Waals surface area contributed by atoms with E-state index < -0.39 is 0 Å². The zero-order valence-corrected chi connectivity index (χ0v) is 15.3. The number of nitrogens with zero attached hydrogens (tertiary/aromatic N) is 2. The maximum atomic E-state index is 5.93. The quantitative estimate of drug-likeness (QED) is 0.304. The summed E-state index contributed by atoms with van der Waals surface area (Å²) in [6.45, 7) is 8.65. The molecular formula is C19H31N3O3. The van der Waals surface area contributed by atoms with E-state index in [-0.39, 0.29) is 0 Å². The van der Waals surface area contributed by atoms with E-state index in [0.29, 0.717) is 19.2 Å². The maximum absolute atomic E-state index is 5.93. The molecule has 1 aliphatic rings. The van der Waals surface area contributed by atoms with Gasteiger partial charge in [-0.15, -0.1) is 6.58 Å². The van der Waals surface area contributed by atoms with Crippen LogP contribution in [0.15, 0.2) is 40.5 Å². The fraction of sp³-hybridized carbons (Fsp3) is 0.632. The predicted molar refractivity (Wildman–Crippen MR) is 100.0 cm³/mol. The molecule has 0 spiro atoms. The molecule has 1 fully saturated rings. The Bertz CT molecular complexity index is 494. The minimum absolute atomic E-state index is 0.344. The molecule has 0 unspecified atom stereocenters. The van der Waals surface area contributed by atoms with E-state index in [1.165, 1.54) is 0 Å². The molecular weight excluding hydrogens is 318 g/mol. The van der Waals surface area contributed by atoms with Crippen molar-refractivity contribution in [3.63, 3.8) is 0 Å². The van der Waals surface area contributed by atoms with E-state index in [9.17, 15) is 0 Å². The van der Waals surface area contributed by atoms with Crippen molar-refractivity contribution >= 4 is 5.96 Å². The molecule has 1 aromatic rings. The molecule has 2 rings (SSSR count). The van der Waals surface area contributed by atoms with E-state index in [2.05, 4.69) is 16.8 Å². The van der Waals surface area contributed by atoms with Gasteiger partial charge in [-0.05, 0) is 31.4 Å². The summed E-state index contributed by atoms with van der Waals surface area (Å²) >= 11 is 0. The first-order valence-corrected chi connectivity index (χ1v) is 9.10. The Morgan fingerprint density at radius 2 is 2.28 bits per heavy atom. The first kappa shape index (κ1) is 19.5. The van der Waals surface area contributed by atoms with E-state index in [1.807, 2.05) is 18.2 Å². The Hall–Kier alpha value is -1.79. The van der Waals surface area contributed by atoms with Gasteiger partial charge in [0.25, 0.3) is 0 Å². The van der Waals surface area contributed by atoms with Crippen molar-refractivity contribution < 1.29 is 13.9 Å². The van der Waals surface area contributed by atoms with Crippen LogP contribution >= 0.6 is 0 Å². The average Bonchev–Trinajstić information content (AvgIpc) is 3.16. The van der Waals surface area contributed by atoms with Crippen LogP contribution in [0.3, 0.4) is 0 Å². The number of guanidine groups is 1. The summed E-state index contributed by atoms with van der Waals surface area (Å²) in [6.07, 6.45) is 7.72. The third-order valence-corrected chi connectivity index (χ3v) is 4.19. The van der Waals surface area contributed by atoms with E-state index in [1.54, 1.807) is 13.4 Å². The summed E-state index contributed by atoms with van der Waals surface area (Å²) in [7, 11) is 1.72. The summed E-state index contributed by atoms with van der Waals surface area (Å²) in [4.78, 5) is 7.04. The Labute approximate surface area is 150 Å². The van der Waals surface area contributed by atoms with Crippen molar-refractivity contribution in [2.24, 2.45) is 4.99 Å². The topological polar surface area (TPSA) is 59.2 Å². The number of hydrogen-bond donors (Lipinski definition) is 1. The smallest absolute Gasteiger partial charge is 0.194 e. The van der Waals surface area contributed by atoms with Gasteiger partial charge in [0.05, 0.1) is 12.4 Å². The highest BCUT2D eigenvalue weighted by molar-refractivity contribution is 5.80. The van der Waals surface area contributed by atoms with Crippen LogP contribution in [0.5, 0.6) is 0 Å². The molecule has 0 amide bonds. The highest BCUT2D eigenvalue weighted by atomic mass is 16.5. The number of methoxy groups -OCH3 is 1. The number of aliphatic imine (C=N–C) groups is 1. The molecule has 1 N–H and O–H groups in total. The molecule has 0 aliphatic carbocycles. The van der Waals surface area contributed by atoms with Crippen molar-refractivity contribution in [1.82, 2.24) is 10.2 Å². The van der Waals surface area contributed by atoms with Gasteiger partial charge in [0, 0.05) is 52.9 Å². The Kier molecular flexibility index (Phi) is 9.15. The van der Waals surface area contributed by atoms with Gasteiger partial charge in [0.2, 0.25) is 0 Å². The fourth-order valence-electron chi connectivity index (χ4n) is 2.85. The van der Waals surface area contributed by atoms with Gasteiger partial charge in [0.15, 0.2) is 5.96 Å². The van der Waals surface area contributed by atoms with Gasteiger partial charge in [-0.25, -0.2) is 0 Å². The number of likely N-dealkylation sites (tertiary alicyclic amines) is 1. The summed E-state index contributed by atoms with van der Waals surface area (Å²) in [5.41, 5.74) is 0. The molecule has 0 atom stereocenters. The molecule has 1 saturated heterocycles. The van der Waals surface area contributed by atoms with Crippen molar-refractivity contribution in [2.45, 2.75) is 31.8 Å². The molecule has 0 saturated carbocycles. The number of furan rings is 1. The molecule has 0 aromatic carbocycles. The summed E-state index contributed by atoms with van der Waals surface area (Å²) in [6, 6.07) is 3.89. The van der Waals surface area contributed by atoms with Crippen LogP contribution in [0.4, 0.5) is 0 Å². The molecule has 1 aromatic heterocycles.